The molecule has 0 saturated heterocycles. The molecule has 0 spiro atoms. The number of nitrogens with one attached hydrogen (secondary N) is 1. The lowest BCUT2D eigenvalue weighted by Gasteiger charge is -2.13. The lowest BCUT2D eigenvalue weighted by molar-refractivity contribution is -0.139. The predicted octanol–water partition coefficient (Wildman–Crippen LogP) is 0.576. The van der Waals surface area contributed by atoms with Crippen molar-refractivity contribution in [2.75, 3.05) is 12.0 Å². The van der Waals surface area contributed by atoms with Crippen molar-refractivity contribution in [1.29, 1.82) is 0 Å². The summed E-state index contributed by atoms with van der Waals surface area (Å²) in [6.45, 7) is 0. The zero-order valence-corrected chi connectivity index (χ0v) is 10.5. The summed E-state index contributed by atoms with van der Waals surface area (Å²) in [5.74, 6) is -1.04. The second kappa shape index (κ2) is 6.85. The number of carbonyl (C=O) groups is 2. The first kappa shape index (κ1) is 14.3. The Labute approximate surface area is 107 Å². The van der Waals surface area contributed by atoms with Crippen molar-refractivity contribution in [2.45, 2.75) is 12.5 Å². The lowest BCUT2D eigenvalue weighted by Crippen LogP contribution is -2.41. The fraction of sp³-hybridized carbons (Fsp3) is 0.364. The van der Waals surface area contributed by atoms with Gasteiger partial charge in [0.2, 0.25) is 0 Å². The molecule has 0 aliphatic heterocycles. The van der Waals surface area contributed by atoms with E-state index in [1.807, 2.05) is 6.26 Å². The third-order valence-electron chi connectivity index (χ3n) is 2.18. The largest absolute Gasteiger partial charge is 0.480 e. The standard InChI is InChI=1S/C11H13NO5S/c1-18-5-4-8(11(15)16)12-10(14)7-2-3-9(13)17-6-7/h2-3,6,8H,4-5H2,1H3,(H,12,14)(H,15,16)/t8-/m0/s1. The molecule has 1 atom stereocenters. The maximum atomic E-state index is 11.7. The van der Waals surface area contributed by atoms with Crippen molar-refractivity contribution in [1.82, 2.24) is 5.32 Å². The van der Waals surface area contributed by atoms with E-state index in [4.69, 9.17) is 5.11 Å². The highest BCUT2D eigenvalue weighted by molar-refractivity contribution is 7.98. The highest BCUT2D eigenvalue weighted by Crippen LogP contribution is 2.03. The first-order chi connectivity index (χ1) is 8.54. The minimum absolute atomic E-state index is 0.116. The highest BCUT2D eigenvalue weighted by Gasteiger charge is 2.20. The Balaban J connectivity index is 2.68. The summed E-state index contributed by atoms with van der Waals surface area (Å²) < 4.78 is 4.53. The third kappa shape index (κ3) is 4.25. The molecule has 6 nitrogen and oxygen atoms in total. The van der Waals surface area contributed by atoms with Gasteiger partial charge >= 0.3 is 11.6 Å². The Morgan fingerprint density at radius 3 is 2.72 bits per heavy atom. The van der Waals surface area contributed by atoms with Crippen LogP contribution in [0.5, 0.6) is 0 Å². The minimum atomic E-state index is -1.09. The molecule has 0 saturated carbocycles. The Morgan fingerprint density at radius 1 is 1.50 bits per heavy atom. The molecule has 1 rings (SSSR count). The van der Waals surface area contributed by atoms with E-state index in [1.54, 1.807) is 0 Å². The van der Waals surface area contributed by atoms with Gasteiger partial charge in [-0.1, -0.05) is 0 Å². The van der Waals surface area contributed by atoms with Gasteiger partial charge in [-0.05, 0) is 24.5 Å². The summed E-state index contributed by atoms with van der Waals surface area (Å²) in [5.41, 5.74) is -0.450. The van der Waals surface area contributed by atoms with Crippen LogP contribution in [0.1, 0.15) is 16.8 Å². The molecule has 98 valence electrons. The zero-order valence-electron chi connectivity index (χ0n) is 9.71. The number of hydrogen-bond donors (Lipinski definition) is 2. The zero-order chi connectivity index (χ0) is 13.5. The molecular formula is C11H13NO5S. The van der Waals surface area contributed by atoms with Gasteiger partial charge in [0.25, 0.3) is 5.91 Å². The fourth-order valence-electron chi connectivity index (χ4n) is 1.22. The van der Waals surface area contributed by atoms with Gasteiger partial charge in [-0.3, -0.25) is 4.79 Å². The van der Waals surface area contributed by atoms with Gasteiger partial charge in [0.05, 0.1) is 5.56 Å². The first-order valence-corrected chi connectivity index (χ1v) is 6.55. The van der Waals surface area contributed by atoms with Crippen molar-refractivity contribution >= 4 is 23.6 Å². The molecule has 1 aromatic rings. The summed E-state index contributed by atoms with van der Waals surface area (Å²) in [6, 6.07) is 1.44. The van der Waals surface area contributed by atoms with E-state index in [9.17, 15) is 14.4 Å². The van der Waals surface area contributed by atoms with Crippen LogP contribution in [0.4, 0.5) is 0 Å². The normalized spacial score (nSPS) is 11.8. The van der Waals surface area contributed by atoms with Gasteiger partial charge in [-0.25, -0.2) is 9.59 Å². The maximum absolute atomic E-state index is 11.7. The molecule has 0 bridgehead atoms. The van der Waals surface area contributed by atoms with E-state index in [0.717, 1.165) is 12.3 Å². The molecule has 0 aliphatic carbocycles. The van der Waals surface area contributed by atoms with Crippen LogP contribution in [0, 0.1) is 0 Å². The van der Waals surface area contributed by atoms with E-state index in [0.29, 0.717) is 12.2 Å². The van der Waals surface area contributed by atoms with E-state index >= 15 is 0 Å². The quantitative estimate of drug-likeness (QED) is 0.785. The smallest absolute Gasteiger partial charge is 0.335 e. The molecular weight excluding hydrogens is 258 g/mol. The monoisotopic (exact) mass is 271 g/mol. The molecule has 2 N–H and O–H groups in total. The van der Waals surface area contributed by atoms with Crippen LogP contribution in [0.25, 0.3) is 0 Å². The topological polar surface area (TPSA) is 96.6 Å². The predicted molar refractivity (Wildman–Crippen MR) is 66.9 cm³/mol. The second-order valence-corrected chi connectivity index (χ2v) is 4.47. The number of aliphatic carboxylic acids is 1. The average molecular weight is 271 g/mol. The summed E-state index contributed by atoms with van der Waals surface area (Å²) in [5, 5.41) is 11.3. The third-order valence-corrected chi connectivity index (χ3v) is 2.82. The van der Waals surface area contributed by atoms with E-state index < -0.39 is 23.5 Å². The van der Waals surface area contributed by atoms with Gasteiger partial charge in [0.15, 0.2) is 0 Å². The fourth-order valence-corrected chi connectivity index (χ4v) is 1.69. The van der Waals surface area contributed by atoms with Gasteiger partial charge in [-0.2, -0.15) is 11.8 Å². The van der Waals surface area contributed by atoms with E-state index in [1.165, 1.54) is 17.8 Å². The lowest BCUT2D eigenvalue weighted by atomic mass is 10.2. The molecule has 0 aromatic carbocycles. The van der Waals surface area contributed by atoms with Crippen molar-refractivity contribution in [3.05, 3.63) is 34.4 Å². The molecule has 0 aliphatic rings. The van der Waals surface area contributed by atoms with Crippen molar-refractivity contribution in [3.63, 3.8) is 0 Å². The summed E-state index contributed by atoms with van der Waals surface area (Å²) in [4.78, 5) is 33.3. The number of carboxylic acid groups (broad SMARTS) is 1. The Hall–Kier alpha value is -1.76. The van der Waals surface area contributed by atoms with E-state index in [2.05, 4.69) is 9.73 Å². The van der Waals surface area contributed by atoms with Crippen LogP contribution in [0.15, 0.2) is 27.6 Å². The molecule has 1 heterocycles. The Bertz CT molecular complexity index is 464. The van der Waals surface area contributed by atoms with Crippen LogP contribution in [0.2, 0.25) is 0 Å². The highest BCUT2D eigenvalue weighted by atomic mass is 32.2. The van der Waals surface area contributed by atoms with Gasteiger partial charge in [0.1, 0.15) is 12.3 Å². The molecule has 0 radical (unpaired) electrons. The number of carboxylic acids is 1. The van der Waals surface area contributed by atoms with Gasteiger partial charge < -0.3 is 14.8 Å². The number of hydrogen-bond acceptors (Lipinski definition) is 5. The number of carbonyl (C=O) groups excluding carboxylic acids is 1. The second-order valence-electron chi connectivity index (χ2n) is 3.49. The number of amides is 1. The summed E-state index contributed by atoms with van der Waals surface area (Å²) >= 11 is 1.50. The summed E-state index contributed by atoms with van der Waals surface area (Å²) in [6.07, 6.45) is 3.19. The molecule has 1 aromatic heterocycles. The van der Waals surface area contributed by atoms with Crippen LogP contribution in [-0.4, -0.2) is 35.0 Å². The number of thioether (sulfide) groups is 1. The summed E-state index contributed by atoms with van der Waals surface area (Å²) in [7, 11) is 0. The molecule has 1 amide bonds. The van der Waals surface area contributed by atoms with Gasteiger partial charge in [-0.15, -0.1) is 0 Å². The Kier molecular flexibility index (Phi) is 5.44. The first-order valence-electron chi connectivity index (χ1n) is 5.16. The van der Waals surface area contributed by atoms with Crippen molar-refractivity contribution in [3.8, 4) is 0 Å². The SMILES string of the molecule is CSCC[C@H](NC(=O)c1ccc(=O)oc1)C(=O)O. The van der Waals surface area contributed by atoms with Gasteiger partial charge in [0, 0.05) is 6.07 Å². The van der Waals surface area contributed by atoms with Crippen LogP contribution >= 0.6 is 11.8 Å². The van der Waals surface area contributed by atoms with Crippen LogP contribution in [-0.2, 0) is 4.79 Å². The molecule has 18 heavy (non-hydrogen) atoms. The maximum Gasteiger partial charge on any atom is 0.335 e. The molecule has 7 heteroatoms. The van der Waals surface area contributed by atoms with Crippen LogP contribution < -0.4 is 10.9 Å². The van der Waals surface area contributed by atoms with E-state index in [-0.39, 0.29) is 5.56 Å². The minimum Gasteiger partial charge on any atom is -0.480 e. The average Bonchev–Trinajstić information content (AvgIpc) is 2.34. The number of rotatable bonds is 6. The molecule has 0 unspecified atom stereocenters. The molecule has 0 fully saturated rings. The van der Waals surface area contributed by atoms with Crippen LogP contribution in [0.3, 0.4) is 0 Å². The van der Waals surface area contributed by atoms with Crippen molar-refractivity contribution in [2.24, 2.45) is 0 Å². The van der Waals surface area contributed by atoms with Crippen molar-refractivity contribution < 1.29 is 19.1 Å². The Morgan fingerprint density at radius 2 is 2.22 bits per heavy atom.